The molecule has 0 fully saturated rings. The van der Waals surface area contributed by atoms with Gasteiger partial charge < -0.3 is 0 Å². The summed E-state index contributed by atoms with van der Waals surface area (Å²) in [7, 11) is -1.90. The van der Waals surface area contributed by atoms with E-state index in [1.807, 2.05) is 0 Å². The molecule has 0 aromatic carbocycles. The third-order valence-corrected chi connectivity index (χ3v) is 3.18. The lowest BCUT2D eigenvalue weighted by molar-refractivity contribution is 0.500. The van der Waals surface area contributed by atoms with E-state index < -0.39 is 8.03 Å². The van der Waals surface area contributed by atoms with Gasteiger partial charge in [0.2, 0.25) is 0 Å². The molecular weight excluding hydrogens is 183 g/mol. The van der Waals surface area contributed by atoms with E-state index in [0.29, 0.717) is 6.16 Å². The van der Waals surface area contributed by atoms with E-state index >= 15 is 0 Å². The molecule has 0 aliphatic heterocycles. The molecule has 0 spiro atoms. The first-order chi connectivity index (χ1) is 6.29. The van der Waals surface area contributed by atoms with Crippen LogP contribution in [0.5, 0.6) is 0 Å². The summed E-state index contributed by atoms with van der Waals surface area (Å²) in [5.41, 5.74) is 1.57. The molecule has 1 rings (SSSR count). The Labute approximate surface area is 80.9 Å². The van der Waals surface area contributed by atoms with Crippen LogP contribution in [0.3, 0.4) is 0 Å². The molecule has 0 aromatic heterocycles. The van der Waals surface area contributed by atoms with Crippen LogP contribution in [0, 0.1) is 0 Å². The first-order valence-electron chi connectivity index (χ1n) is 5.10. The van der Waals surface area contributed by atoms with Crippen molar-refractivity contribution in [3.05, 3.63) is 11.6 Å². The maximum absolute atomic E-state index is 10.4. The molecule has 1 unspecified atom stereocenters. The highest BCUT2D eigenvalue weighted by molar-refractivity contribution is 7.37. The lowest BCUT2D eigenvalue weighted by Crippen LogP contribution is -1.92. The van der Waals surface area contributed by atoms with Crippen LogP contribution in [0.15, 0.2) is 11.6 Å². The van der Waals surface area contributed by atoms with Crippen molar-refractivity contribution < 1.29 is 9.46 Å². The fourth-order valence-corrected chi connectivity index (χ4v) is 2.22. The molecule has 2 nitrogen and oxygen atoms in total. The summed E-state index contributed by atoms with van der Waals surface area (Å²) in [5, 5.41) is 0. The van der Waals surface area contributed by atoms with Gasteiger partial charge in [0.05, 0.1) is 0 Å². The standard InChI is InChI=1S/C10H17O2P/c11-13(12)9-5-4-8-10-6-2-1-3-7-10/h6H,1-5,7-9H2/p+1. The summed E-state index contributed by atoms with van der Waals surface area (Å²) in [5.74, 6) is 0. The molecular formula is C10H18O2P+. The van der Waals surface area contributed by atoms with Crippen molar-refractivity contribution in [1.29, 1.82) is 0 Å². The predicted molar refractivity (Wildman–Crippen MR) is 55.1 cm³/mol. The van der Waals surface area contributed by atoms with Crippen molar-refractivity contribution in [2.45, 2.75) is 44.9 Å². The van der Waals surface area contributed by atoms with E-state index in [4.69, 9.17) is 4.89 Å². The smallest absolute Gasteiger partial charge is 0.161 e. The second-order valence-electron chi connectivity index (χ2n) is 3.64. The van der Waals surface area contributed by atoms with Gasteiger partial charge in [0.1, 0.15) is 0 Å². The third-order valence-electron chi connectivity index (χ3n) is 2.48. The molecule has 13 heavy (non-hydrogen) atoms. The van der Waals surface area contributed by atoms with Crippen LogP contribution in [-0.2, 0) is 4.57 Å². The van der Waals surface area contributed by atoms with Gasteiger partial charge in [-0.05, 0) is 49.5 Å². The third kappa shape index (κ3) is 5.17. The molecule has 0 amide bonds. The quantitative estimate of drug-likeness (QED) is 0.420. The summed E-state index contributed by atoms with van der Waals surface area (Å²) in [4.78, 5) is 8.58. The Morgan fingerprint density at radius 2 is 2.23 bits per heavy atom. The van der Waals surface area contributed by atoms with E-state index in [-0.39, 0.29) is 0 Å². The zero-order valence-corrected chi connectivity index (χ0v) is 8.93. The second-order valence-corrected chi connectivity index (χ2v) is 4.79. The number of unbranched alkanes of at least 4 members (excludes halogenated alkanes) is 1. The van der Waals surface area contributed by atoms with Gasteiger partial charge in [0, 0.05) is 0 Å². The average molecular weight is 201 g/mol. The van der Waals surface area contributed by atoms with Crippen molar-refractivity contribution in [1.82, 2.24) is 0 Å². The first-order valence-corrected chi connectivity index (χ1v) is 6.50. The Balaban J connectivity index is 2.04. The summed E-state index contributed by atoms with van der Waals surface area (Å²) in [6.07, 6.45) is 11.1. The van der Waals surface area contributed by atoms with E-state index in [1.54, 1.807) is 5.57 Å². The molecule has 1 N–H and O–H groups in total. The molecule has 0 aromatic rings. The molecule has 0 heterocycles. The molecule has 0 bridgehead atoms. The molecule has 1 atom stereocenters. The van der Waals surface area contributed by atoms with Crippen molar-refractivity contribution >= 4 is 8.03 Å². The van der Waals surface area contributed by atoms with Gasteiger partial charge in [0.15, 0.2) is 6.16 Å². The van der Waals surface area contributed by atoms with Crippen LogP contribution in [0.1, 0.15) is 44.9 Å². The topological polar surface area (TPSA) is 37.3 Å². The molecule has 0 radical (unpaired) electrons. The van der Waals surface area contributed by atoms with Crippen molar-refractivity contribution in [3.8, 4) is 0 Å². The van der Waals surface area contributed by atoms with Crippen molar-refractivity contribution in [2.75, 3.05) is 6.16 Å². The van der Waals surface area contributed by atoms with Crippen LogP contribution in [0.4, 0.5) is 0 Å². The normalized spacial score (nSPS) is 18.2. The molecule has 74 valence electrons. The Morgan fingerprint density at radius 3 is 2.85 bits per heavy atom. The first kappa shape index (κ1) is 10.9. The van der Waals surface area contributed by atoms with Gasteiger partial charge in [0.25, 0.3) is 0 Å². The number of hydrogen-bond acceptors (Lipinski definition) is 1. The fourth-order valence-electron chi connectivity index (χ4n) is 1.73. The van der Waals surface area contributed by atoms with Gasteiger partial charge in [-0.25, -0.2) is 0 Å². The van der Waals surface area contributed by atoms with E-state index in [1.165, 1.54) is 25.7 Å². The average Bonchev–Trinajstić information content (AvgIpc) is 2.14. The SMILES string of the molecule is O=[P+](O)CCCCC1=CCCCC1. The summed E-state index contributed by atoms with van der Waals surface area (Å²) >= 11 is 0. The van der Waals surface area contributed by atoms with E-state index in [2.05, 4.69) is 6.08 Å². The lowest BCUT2D eigenvalue weighted by atomic mass is 9.96. The van der Waals surface area contributed by atoms with Crippen molar-refractivity contribution in [2.24, 2.45) is 0 Å². The van der Waals surface area contributed by atoms with Gasteiger partial charge >= 0.3 is 8.03 Å². The van der Waals surface area contributed by atoms with Gasteiger partial charge in [-0.3, -0.25) is 0 Å². The lowest BCUT2D eigenvalue weighted by Gasteiger charge is -2.11. The minimum atomic E-state index is -1.90. The van der Waals surface area contributed by atoms with Gasteiger partial charge in [-0.1, -0.05) is 11.6 Å². The maximum atomic E-state index is 10.4. The zero-order valence-electron chi connectivity index (χ0n) is 8.04. The molecule has 1 aliphatic carbocycles. The van der Waals surface area contributed by atoms with Crippen LogP contribution in [0.25, 0.3) is 0 Å². The molecule has 1 aliphatic rings. The summed E-state index contributed by atoms with van der Waals surface area (Å²) < 4.78 is 10.4. The van der Waals surface area contributed by atoms with Gasteiger partial charge in [-0.15, -0.1) is 0 Å². The van der Waals surface area contributed by atoms with E-state index in [0.717, 1.165) is 19.3 Å². The summed E-state index contributed by atoms with van der Waals surface area (Å²) in [6, 6.07) is 0. The number of hydrogen-bond donors (Lipinski definition) is 1. The van der Waals surface area contributed by atoms with Gasteiger partial charge in [-0.2, -0.15) is 4.89 Å². The monoisotopic (exact) mass is 201 g/mol. The minimum absolute atomic E-state index is 0.475. The largest absolute Gasteiger partial charge is 0.505 e. The van der Waals surface area contributed by atoms with Crippen LogP contribution in [-0.4, -0.2) is 11.1 Å². The van der Waals surface area contributed by atoms with Crippen LogP contribution in [0.2, 0.25) is 0 Å². The Bertz CT molecular complexity index is 199. The zero-order chi connectivity index (χ0) is 9.52. The number of rotatable bonds is 5. The van der Waals surface area contributed by atoms with Crippen molar-refractivity contribution in [3.63, 3.8) is 0 Å². The molecule has 3 heteroatoms. The fraction of sp³-hybridized carbons (Fsp3) is 0.800. The highest BCUT2D eigenvalue weighted by Gasteiger charge is 2.09. The highest BCUT2D eigenvalue weighted by Crippen LogP contribution is 2.23. The number of allylic oxidation sites excluding steroid dienone is 2. The minimum Gasteiger partial charge on any atom is -0.161 e. The predicted octanol–water partition coefficient (Wildman–Crippen LogP) is 3.39. The second kappa shape index (κ2) is 6.28. The Kier molecular flexibility index (Phi) is 5.26. The van der Waals surface area contributed by atoms with Crippen LogP contribution < -0.4 is 0 Å². The Morgan fingerprint density at radius 1 is 1.38 bits per heavy atom. The molecule has 0 saturated carbocycles. The van der Waals surface area contributed by atoms with Crippen LogP contribution >= 0.6 is 8.03 Å². The molecule has 0 saturated heterocycles. The maximum Gasteiger partial charge on any atom is 0.505 e. The highest BCUT2D eigenvalue weighted by atomic mass is 31.1. The van der Waals surface area contributed by atoms with E-state index in [9.17, 15) is 4.57 Å². The Hall–Kier alpha value is -0.200. The summed E-state index contributed by atoms with van der Waals surface area (Å²) in [6.45, 7) is 0.